The predicted octanol–water partition coefficient (Wildman–Crippen LogP) is 4.20. The van der Waals surface area contributed by atoms with Crippen molar-refractivity contribution >= 4 is 21.7 Å². The van der Waals surface area contributed by atoms with Gasteiger partial charge in [-0.1, -0.05) is 60.7 Å². The largest absolute Gasteiger partial charge is 0.422 e. The molecule has 4 aromatic rings. The molecule has 3 aromatic carbocycles. The minimum atomic E-state index is -1.42. The molecule has 1 N–H and O–H groups in total. The minimum Gasteiger partial charge on any atom is -0.422 e. The van der Waals surface area contributed by atoms with E-state index in [1.165, 1.54) is 0 Å². The molecule has 3 nitrogen and oxygen atoms in total. The predicted molar refractivity (Wildman–Crippen MR) is 95.1 cm³/mol. The fourth-order valence-corrected chi connectivity index (χ4v) is 3.13. The summed E-state index contributed by atoms with van der Waals surface area (Å²) in [4.78, 5) is 12.5. The average Bonchev–Trinajstić information content (AvgIpc) is 2.61. The zero-order valence-electron chi connectivity index (χ0n) is 13.2. The van der Waals surface area contributed by atoms with Crippen molar-refractivity contribution in [3.05, 3.63) is 94.3 Å². The molecule has 0 radical (unpaired) electrons. The van der Waals surface area contributed by atoms with E-state index in [9.17, 15) is 9.90 Å². The van der Waals surface area contributed by atoms with Crippen molar-refractivity contribution < 1.29 is 9.52 Å². The lowest BCUT2D eigenvalue weighted by molar-refractivity contribution is 0.0985. The standard InChI is InChI=1S/C21H16O3/c1-21(23,15-8-3-2-4-9-15)18-13-17-16-10-6-5-7-14(16)11-12-19(17)24-20(18)22/h2-13,23H,1H3. The van der Waals surface area contributed by atoms with Crippen molar-refractivity contribution in [3.8, 4) is 0 Å². The van der Waals surface area contributed by atoms with Crippen LogP contribution in [0.1, 0.15) is 18.1 Å². The normalized spacial score (nSPS) is 13.9. The highest BCUT2D eigenvalue weighted by atomic mass is 16.4. The molecule has 0 spiro atoms. The van der Waals surface area contributed by atoms with E-state index in [0.717, 1.165) is 16.2 Å². The van der Waals surface area contributed by atoms with Gasteiger partial charge >= 0.3 is 5.63 Å². The molecule has 4 rings (SSSR count). The molecule has 1 atom stereocenters. The number of fused-ring (bicyclic) bond motifs is 3. The monoisotopic (exact) mass is 316 g/mol. The fraction of sp³-hybridized carbons (Fsp3) is 0.0952. The zero-order valence-corrected chi connectivity index (χ0v) is 13.2. The van der Waals surface area contributed by atoms with Gasteiger partial charge in [-0.05, 0) is 35.4 Å². The van der Waals surface area contributed by atoms with E-state index in [-0.39, 0.29) is 5.56 Å². The Morgan fingerprint density at radius 1 is 0.875 bits per heavy atom. The van der Waals surface area contributed by atoms with E-state index in [0.29, 0.717) is 11.1 Å². The van der Waals surface area contributed by atoms with Gasteiger partial charge in [0.2, 0.25) is 0 Å². The number of hydrogen-bond acceptors (Lipinski definition) is 3. The highest BCUT2D eigenvalue weighted by Gasteiger charge is 2.30. The Kier molecular flexibility index (Phi) is 3.25. The molecule has 0 saturated carbocycles. The van der Waals surface area contributed by atoms with Gasteiger partial charge in [0.05, 0.1) is 5.56 Å². The van der Waals surface area contributed by atoms with Gasteiger partial charge in [0.15, 0.2) is 0 Å². The molecule has 3 heteroatoms. The summed E-state index contributed by atoms with van der Waals surface area (Å²) in [6.07, 6.45) is 0. The number of aliphatic hydroxyl groups is 1. The van der Waals surface area contributed by atoms with Crippen LogP contribution in [0.15, 0.2) is 82.0 Å². The second-order valence-electron chi connectivity index (χ2n) is 6.08. The molecule has 0 aliphatic carbocycles. The number of rotatable bonds is 2. The maximum absolute atomic E-state index is 12.5. The molecule has 0 amide bonds. The molecule has 1 heterocycles. The summed E-state index contributed by atoms with van der Waals surface area (Å²) in [6, 6.07) is 22.5. The van der Waals surface area contributed by atoms with Crippen molar-refractivity contribution in [3.63, 3.8) is 0 Å². The van der Waals surface area contributed by atoms with Crippen LogP contribution in [0.2, 0.25) is 0 Å². The summed E-state index contributed by atoms with van der Waals surface area (Å²) in [7, 11) is 0. The summed E-state index contributed by atoms with van der Waals surface area (Å²) in [6.45, 7) is 1.62. The smallest absolute Gasteiger partial charge is 0.342 e. The zero-order chi connectivity index (χ0) is 16.7. The molecule has 0 saturated heterocycles. The topological polar surface area (TPSA) is 50.4 Å². The highest BCUT2D eigenvalue weighted by Crippen LogP contribution is 2.31. The van der Waals surface area contributed by atoms with Gasteiger partial charge < -0.3 is 9.52 Å². The first-order valence-electron chi connectivity index (χ1n) is 7.81. The first-order valence-corrected chi connectivity index (χ1v) is 7.81. The van der Waals surface area contributed by atoms with Gasteiger partial charge in [0, 0.05) is 5.39 Å². The van der Waals surface area contributed by atoms with E-state index in [4.69, 9.17) is 4.42 Å². The van der Waals surface area contributed by atoms with Gasteiger partial charge in [-0.25, -0.2) is 4.79 Å². The minimum absolute atomic E-state index is 0.234. The molecule has 24 heavy (non-hydrogen) atoms. The third-order valence-corrected chi connectivity index (χ3v) is 4.50. The summed E-state index contributed by atoms with van der Waals surface area (Å²) < 4.78 is 5.49. The Morgan fingerprint density at radius 2 is 1.58 bits per heavy atom. The molecule has 0 aliphatic heterocycles. The number of hydrogen-bond donors (Lipinski definition) is 1. The first kappa shape index (κ1) is 14.7. The van der Waals surface area contributed by atoms with Crippen LogP contribution in [0.5, 0.6) is 0 Å². The van der Waals surface area contributed by atoms with Crippen LogP contribution in [0.3, 0.4) is 0 Å². The Bertz CT molecular complexity index is 1090. The molecule has 118 valence electrons. The fourth-order valence-electron chi connectivity index (χ4n) is 3.13. The number of benzene rings is 3. The van der Waals surface area contributed by atoms with E-state index < -0.39 is 11.2 Å². The maximum atomic E-state index is 12.5. The van der Waals surface area contributed by atoms with Crippen molar-refractivity contribution in [2.75, 3.05) is 0 Å². The quantitative estimate of drug-likeness (QED) is 0.445. The third-order valence-electron chi connectivity index (χ3n) is 4.50. The lowest BCUT2D eigenvalue weighted by Crippen LogP contribution is -2.29. The van der Waals surface area contributed by atoms with Gasteiger partial charge in [-0.2, -0.15) is 0 Å². The third kappa shape index (κ3) is 2.22. The Labute approximate surface area is 138 Å². The van der Waals surface area contributed by atoms with Gasteiger partial charge in [0.1, 0.15) is 11.2 Å². The van der Waals surface area contributed by atoms with Gasteiger partial charge in [0.25, 0.3) is 0 Å². The summed E-state index contributed by atoms with van der Waals surface area (Å²) in [5.74, 6) is 0. The summed E-state index contributed by atoms with van der Waals surface area (Å²) in [5.41, 5.74) is -0.542. The molecule has 0 bridgehead atoms. The van der Waals surface area contributed by atoms with Gasteiger partial charge in [-0.15, -0.1) is 0 Å². The van der Waals surface area contributed by atoms with Crippen LogP contribution in [0.4, 0.5) is 0 Å². The van der Waals surface area contributed by atoms with E-state index in [1.807, 2.05) is 48.5 Å². The molecular weight excluding hydrogens is 300 g/mol. The van der Waals surface area contributed by atoms with Crippen LogP contribution < -0.4 is 5.63 Å². The summed E-state index contributed by atoms with van der Waals surface area (Å²) in [5, 5.41) is 13.9. The van der Waals surface area contributed by atoms with Crippen molar-refractivity contribution in [2.24, 2.45) is 0 Å². The molecular formula is C21H16O3. The maximum Gasteiger partial charge on any atom is 0.342 e. The van der Waals surface area contributed by atoms with E-state index in [2.05, 4.69) is 0 Å². The summed E-state index contributed by atoms with van der Waals surface area (Å²) >= 11 is 0. The van der Waals surface area contributed by atoms with Crippen LogP contribution >= 0.6 is 0 Å². The highest BCUT2D eigenvalue weighted by molar-refractivity contribution is 6.05. The van der Waals surface area contributed by atoms with Gasteiger partial charge in [-0.3, -0.25) is 0 Å². The molecule has 0 fully saturated rings. The SMILES string of the molecule is CC(O)(c1ccccc1)c1cc2c(ccc3ccccc32)oc1=O. The van der Waals surface area contributed by atoms with Crippen molar-refractivity contribution in [1.29, 1.82) is 0 Å². The molecule has 1 unspecified atom stereocenters. The molecule has 0 aliphatic rings. The van der Waals surface area contributed by atoms with E-state index >= 15 is 0 Å². The Balaban J connectivity index is 2.04. The molecule has 1 aromatic heterocycles. The Morgan fingerprint density at radius 3 is 2.38 bits per heavy atom. The van der Waals surface area contributed by atoms with Crippen LogP contribution in [0, 0.1) is 0 Å². The van der Waals surface area contributed by atoms with Crippen LogP contribution in [-0.2, 0) is 5.60 Å². The van der Waals surface area contributed by atoms with Crippen molar-refractivity contribution in [1.82, 2.24) is 0 Å². The van der Waals surface area contributed by atoms with Crippen LogP contribution in [-0.4, -0.2) is 5.11 Å². The van der Waals surface area contributed by atoms with Crippen LogP contribution in [0.25, 0.3) is 21.7 Å². The lowest BCUT2D eigenvalue weighted by atomic mass is 9.88. The van der Waals surface area contributed by atoms with Crippen molar-refractivity contribution in [2.45, 2.75) is 12.5 Å². The second kappa shape index (κ2) is 5.32. The Hall–Kier alpha value is -2.91. The lowest BCUT2D eigenvalue weighted by Gasteiger charge is -2.23. The first-order chi connectivity index (χ1) is 11.6. The second-order valence-corrected chi connectivity index (χ2v) is 6.08. The van der Waals surface area contributed by atoms with E-state index in [1.54, 1.807) is 31.2 Å². The average molecular weight is 316 g/mol.